The Bertz CT molecular complexity index is 1310. The Balaban J connectivity index is 1.17. The fourth-order valence-corrected chi connectivity index (χ4v) is 6.25. The molecule has 3 aliphatic rings. The summed E-state index contributed by atoms with van der Waals surface area (Å²) >= 11 is 0. The van der Waals surface area contributed by atoms with Crippen LogP contribution in [0.3, 0.4) is 0 Å². The Morgan fingerprint density at radius 2 is 1.84 bits per heavy atom. The van der Waals surface area contributed by atoms with Gasteiger partial charge in [0.05, 0.1) is 12.8 Å². The smallest absolute Gasteiger partial charge is 0.434 e. The van der Waals surface area contributed by atoms with Crippen LogP contribution in [-0.2, 0) is 13.2 Å². The Labute approximate surface area is 212 Å². The van der Waals surface area contributed by atoms with Gasteiger partial charge < -0.3 is 14.6 Å². The number of aromatic nitrogens is 7. The number of nitrogens with one attached hydrogen (secondary N) is 1. The van der Waals surface area contributed by atoms with Crippen molar-refractivity contribution in [1.29, 1.82) is 0 Å². The SMILES string of the molecule is COc1ncnc(C2CC2)c1-c1ncnc(NCC23CCC(C2)C(c2nc(C(F)(F)F)cn2C)CC3)n1. The minimum atomic E-state index is -4.42. The van der Waals surface area contributed by atoms with Crippen LogP contribution in [0.2, 0.25) is 0 Å². The van der Waals surface area contributed by atoms with Crippen LogP contribution < -0.4 is 10.1 Å². The second-order valence-corrected chi connectivity index (χ2v) is 10.6. The molecule has 0 aliphatic heterocycles. The lowest BCUT2D eigenvalue weighted by Gasteiger charge is -2.37. The zero-order valence-corrected chi connectivity index (χ0v) is 20.8. The molecule has 3 heterocycles. The maximum atomic E-state index is 13.2. The van der Waals surface area contributed by atoms with Gasteiger partial charge in [-0.25, -0.2) is 24.9 Å². The number of rotatable bonds is 7. The number of hydrogen-bond donors (Lipinski definition) is 1. The second kappa shape index (κ2) is 8.91. The number of methoxy groups -OCH3 is 1. The Hall–Kier alpha value is -3.31. The molecule has 0 aromatic carbocycles. The van der Waals surface area contributed by atoms with Crippen LogP contribution in [-0.4, -0.2) is 48.1 Å². The minimum Gasteiger partial charge on any atom is -0.480 e. The molecule has 3 saturated carbocycles. The fraction of sp³-hybridized carbons (Fsp3) is 0.600. The monoisotopic (exact) mass is 514 g/mol. The van der Waals surface area contributed by atoms with E-state index >= 15 is 0 Å². The molecule has 12 heteroatoms. The van der Waals surface area contributed by atoms with Gasteiger partial charge in [-0.1, -0.05) is 0 Å². The summed E-state index contributed by atoms with van der Waals surface area (Å²) in [5.74, 6) is 2.70. The Morgan fingerprint density at radius 1 is 1.05 bits per heavy atom. The topological polar surface area (TPSA) is 104 Å². The van der Waals surface area contributed by atoms with Crippen LogP contribution in [0.5, 0.6) is 5.88 Å². The van der Waals surface area contributed by atoms with Crippen LogP contribution in [0.15, 0.2) is 18.9 Å². The van der Waals surface area contributed by atoms with Crippen molar-refractivity contribution in [3.05, 3.63) is 36.1 Å². The predicted molar refractivity (Wildman–Crippen MR) is 128 cm³/mol. The van der Waals surface area contributed by atoms with E-state index in [-0.39, 0.29) is 11.3 Å². The maximum Gasteiger partial charge on any atom is 0.434 e. The summed E-state index contributed by atoms with van der Waals surface area (Å²) in [7, 11) is 3.24. The molecule has 0 amide bonds. The number of imidazole rings is 1. The lowest BCUT2D eigenvalue weighted by molar-refractivity contribution is -0.141. The largest absolute Gasteiger partial charge is 0.480 e. The zero-order chi connectivity index (χ0) is 25.8. The zero-order valence-electron chi connectivity index (χ0n) is 20.8. The van der Waals surface area contributed by atoms with E-state index in [1.54, 1.807) is 18.7 Å². The molecule has 9 nitrogen and oxygen atoms in total. The Kier molecular flexibility index (Phi) is 5.79. The second-order valence-electron chi connectivity index (χ2n) is 10.6. The van der Waals surface area contributed by atoms with Crippen molar-refractivity contribution < 1.29 is 17.9 Å². The molecular weight excluding hydrogens is 485 g/mol. The lowest BCUT2D eigenvalue weighted by Crippen LogP contribution is -2.33. The van der Waals surface area contributed by atoms with E-state index in [2.05, 4.69) is 35.2 Å². The van der Waals surface area contributed by atoms with Crippen molar-refractivity contribution in [3.63, 3.8) is 0 Å². The van der Waals surface area contributed by atoms with E-state index in [9.17, 15) is 13.2 Å². The van der Waals surface area contributed by atoms with Gasteiger partial charge in [-0.15, -0.1) is 0 Å². The number of hydrogen-bond acceptors (Lipinski definition) is 8. The van der Waals surface area contributed by atoms with E-state index in [1.807, 2.05) is 0 Å². The minimum absolute atomic E-state index is 0.0480. The number of fused-ring (bicyclic) bond motifs is 2. The molecule has 3 aliphatic carbocycles. The van der Waals surface area contributed by atoms with Gasteiger partial charge in [-0.3, -0.25) is 0 Å². The first-order valence-electron chi connectivity index (χ1n) is 12.7. The summed E-state index contributed by atoms with van der Waals surface area (Å²) in [4.78, 5) is 26.1. The molecule has 3 aromatic rings. The van der Waals surface area contributed by atoms with Gasteiger partial charge in [-0.2, -0.15) is 18.2 Å². The molecule has 37 heavy (non-hydrogen) atoms. The van der Waals surface area contributed by atoms with E-state index in [0.717, 1.165) is 56.8 Å². The molecule has 0 spiro atoms. The highest BCUT2D eigenvalue weighted by atomic mass is 19.4. The fourth-order valence-electron chi connectivity index (χ4n) is 6.25. The average Bonchev–Trinajstić information content (AvgIpc) is 3.58. The van der Waals surface area contributed by atoms with Crippen LogP contribution in [0, 0.1) is 11.3 Å². The molecule has 196 valence electrons. The summed E-state index contributed by atoms with van der Waals surface area (Å²) in [6.07, 6.45) is 6.50. The first-order valence-corrected chi connectivity index (χ1v) is 12.7. The van der Waals surface area contributed by atoms with E-state index in [4.69, 9.17) is 4.74 Å². The van der Waals surface area contributed by atoms with Crippen molar-refractivity contribution in [1.82, 2.24) is 34.5 Å². The third-order valence-electron chi connectivity index (χ3n) is 8.25. The van der Waals surface area contributed by atoms with Crippen molar-refractivity contribution in [2.45, 2.75) is 63.0 Å². The molecule has 2 bridgehead atoms. The molecular formula is C25H29F3N8O. The number of anilines is 1. The van der Waals surface area contributed by atoms with Gasteiger partial charge >= 0.3 is 6.18 Å². The Morgan fingerprint density at radius 3 is 2.57 bits per heavy atom. The van der Waals surface area contributed by atoms with Gasteiger partial charge in [0.2, 0.25) is 11.8 Å². The summed E-state index contributed by atoms with van der Waals surface area (Å²) in [6.45, 7) is 0.700. The molecule has 1 N–H and O–H groups in total. The summed E-state index contributed by atoms with van der Waals surface area (Å²) in [5, 5.41) is 3.42. The number of alkyl halides is 3. The molecule has 3 atom stereocenters. The quantitative estimate of drug-likeness (QED) is 0.482. The highest BCUT2D eigenvalue weighted by molar-refractivity contribution is 5.66. The van der Waals surface area contributed by atoms with Crippen LogP contribution >= 0.6 is 0 Å². The molecule has 3 fully saturated rings. The van der Waals surface area contributed by atoms with Gasteiger partial charge in [-0.05, 0) is 56.3 Å². The normalized spacial score (nSPS) is 25.3. The molecule has 0 radical (unpaired) electrons. The highest BCUT2D eigenvalue weighted by Gasteiger charge is 2.48. The van der Waals surface area contributed by atoms with Gasteiger partial charge in [0.15, 0.2) is 11.5 Å². The van der Waals surface area contributed by atoms with Crippen molar-refractivity contribution >= 4 is 5.95 Å². The van der Waals surface area contributed by atoms with Crippen LogP contribution in [0.1, 0.15) is 74.0 Å². The first-order chi connectivity index (χ1) is 17.8. The summed E-state index contributed by atoms with van der Waals surface area (Å²) in [6, 6.07) is 0. The third-order valence-corrected chi connectivity index (χ3v) is 8.25. The van der Waals surface area contributed by atoms with E-state index < -0.39 is 11.9 Å². The van der Waals surface area contributed by atoms with Crippen molar-refractivity contribution in [2.75, 3.05) is 19.0 Å². The van der Waals surface area contributed by atoms with E-state index in [0.29, 0.717) is 47.4 Å². The van der Waals surface area contributed by atoms with Gasteiger partial charge in [0, 0.05) is 31.6 Å². The maximum absolute atomic E-state index is 13.2. The van der Waals surface area contributed by atoms with Gasteiger partial charge in [0.25, 0.3) is 0 Å². The molecule has 3 unspecified atom stereocenters. The number of nitrogens with zero attached hydrogens (tertiary/aromatic N) is 7. The van der Waals surface area contributed by atoms with E-state index in [1.165, 1.54) is 12.7 Å². The molecule has 6 rings (SSSR count). The summed E-state index contributed by atoms with van der Waals surface area (Å²) < 4.78 is 46.6. The molecule has 3 aromatic heterocycles. The van der Waals surface area contributed by atoms with Gasteiger partial charge in [0.1, 0.15) is 24.0 Å². The standard InChI is InChI=1S/C25H29F3N8O/c1-36-10-17(25(26,27)28)34-21(36)16-6-8-24(7-5-15(16)9-24)11-29-23-33-13-31-20(35-23)18-19(14-3-4-14)30-12-32-22(18)37-2/h10,12-16H,3-9,11H2,1-2H3,(H,29,31,33,35). The lowest BCUT2D eigenvalue weighted by atomic mass is 9.71. The van der Waals surface area contributed by atoms with Crippen LogP contribution in [0.4, 0.5) is 19.1 Å². The predicted octanol–water partition coefficient (Wildman–Crippen LogP) is 4.74. The van der Waals surface area contributed by atoms with Crippen LogP contribution in [0.25, 0.3) is 11.4 Å². The first kappa shape index (κ1) is 24.1. The third kappa shape index (κ3) is 4.50. The number of aryl methyl sites for hydroxylation is 1. The average molecular weight is 515 g/mol. The molecule has 0 saturated heterocycles. The van der Waals surface area contributed by atoms with Crippen molar-refractivity contribution in [3.8, 4) is 17.3 Å². The number of halogens is 3. The van der Waals surface area contributed by atoms with Crippen molar-refractivity contribution in [2.24, 2.45) is 18.4 Å². The number of ether oxygens (including phenoxy) is 1. The highest BCUT2D eigenvalue weighted by Crippen LogP contribution is 2.56. The summed E-state index contributed by atoms with van der Waals surface area (Å²) in [5.41, 5.74) is 0.879.